The Morgan fingerprint density at radius 3 is 2.42 bits per heavy atom. The standard InChI is InChI=1S/C37H52F3N5O5/c1-7-8-11-14-31(34(41)28(3)48-6)35(27(2)21-36(4,5)24-49-26-47)45(23-37(38,39)40)30-18-16-29(17-19-30)32-22-50-33(44-32)15-12-9-10-13-20-42-43-25-46/h7-8,11,14,16-19,22,25-26,28,42H,9-10,12-13,15,20-21,23-24,41H2,1-6H3,(H,43,46)/b8-7+,14-11-,34-31+,35-27+. The number of allylic oxidation sites excluding steroid dienone is 5. The third kappa shape index (κ3) is 14.2. The molecule has 276 valence electrons. The van der Waals surface area contributed by atoms with Crippen LogP contribution in [0.1, 0.15) is 72.6 Å². The summed E-state index contributed by atoms with van der Waals surface area (Å²) < 4.78 is 59.5. The van der Waals surface area contributed by atoms with E-state index in [1.165, 1.54) is 12.0 Å². The second kappa shape index (κ2) is 21.0. The first-order chi connectivity index (χ1) is 23.8. The maximum Gasteiger partial charge on any atom is 0.406 e. The average Bonchev–Trinajstić information content (AvgIpc) is 3.55. The van der Waals surface area contributed by atoms with Gasteiger partial charge in [0, 0.05) is 53.7 Å². The van der Waals surface area contributed by atoms with Crippen LogP contribution in [0.25, 0.3) is 11.3 Å². The van der Waals surface area contributed by atoms with Gasteiger partial charge in [0.1, 0.15) is 18.5 Å². The number of amides is 1. The molecule has 0 saturated heterocycles. The van der Waals surface area contributed by atoms with Gasteiger partial charge in [0.25, 0.3) is 6.47 Å². The molecule has 0 fully saturated rings. The monoisotopic (exact) mass is 703 g/mol. The normalized spacial score (nSPS) is 14.0. The van der Waals surface area contributed by atoms with Crippen LogP contribution in [0.4, 0.5) is 18.9 Å². The molecule has 1 unspecified atom stereocenters. The molecule has 0 radical (unpaired) electrons. The summed E-state index contributed by atoms with van der Waals surface area (Å²) in [7, 11) is 1.48. The van der Waals surface area contributed by atoms with Crippen LogP contribution in [0.2, 0.25) is 0 Å². The van der Waals surface area contributed by atoms with Gasteiger partial charge < -0.3 is 24.5 Å². The van der Waals surface area contributed by atoms with Crippen molar-refractivity contribution in [1.82, 2.24) is 15.8 Å². The highest BCUT2D eigenvalue weighted by Crippen LogP contribution is 2.37. The van der Waals surface area contributed by atoms with Crippen molar-refractivity contribution in [2.75, 3.05) is 31.7 Å². The summed E-state index contributed by atoms with van der Waals surface area (Å²) in [5.41, 5.74) is 14.3. The molecule has 2 rings (SSSR count). The summed E-state index contributed by atoms with van der Waals surface area (Å²) in [5.74, 6) is 0.580. The van der Waals surface area contributed by atoms with Crippen molar-refractivity contribution in [1.29, 1.82) is 0 Å². The first kappa shape index (κ1) is 41.8. The zero-order valence-corrected chi connectivity index (χ0v) is 29.9. The van der Waals surface area contributed by atoms with Crippen LogP contribution in [0.15, 0.2) is 81.8 Å². The topological polar surface area (TPSA) is 132 Å². The highest BCUT2D eigenvalue weighted by Gasteiger charge is 2.35. The van der Waals surface area contributed by atoms with Crippen LogP contribution in [-0.4, -0.2) is 57.0 Å². The van der Waals surface area contributed by atoms with E-state index < -0.39 is 24.2 Å². The SMILES string of the molecule is C/C=C/C=C\C(=C(/N)C(C)OC)C(=C(\C)CC(C)(C)COC=O)\N(CC(F)(F)F)c1ccc(-c2coc(CCCCCCNNC=O)n2)cc1. The smallest absolute Gasteiger partial charge is 0.406 e. The molecule has 1 aromatic heterocycles. The molecule has 0 aliphatic carbocycles. The molecule has 0 bridgehead atoms. The number of nitrogens with one attached hydrogen (secondary N) is 2. The molecular formula is C37H52F3N5O5. The third-order valence-electron chi connectivity index (χ3n) is 7.85. The molecule has 4 N–H and O–H groups in total. The van der Waals surface area contributed by atoms with E-state index in [1.54, 1.807) is 68.7 Å². The van der Waals surface area contributed by atoms with Gasteiger partial charge in [-0.25, -0.2) is 10.4 Å². The number of ether oxygens (including phenoxy) is 2. The molecule has 1 heterocycles. The van der Waals surface area contributed by atoms with Crippen molar-refractivity contribution in [2.45, 2.75) is 85.4 Å². The van der Waals surface area contributed by atoms with E-state index in [4.69, 9.17) is 19.6 Å². The fourth-order valence-electron chi connectivity index (χ4n) is 5.44. The maximum atomic E-state index is 14.4. The zero-order chi connectivity index (χ0) is 37.2. The number of hydrazine groups is 1. The van der Waals surface area contributed by atoms with E-state index >= 15 is 0 Å². The molecular weight excluding hydrogens is 651 g/mol. The molecule has 1 amide bonds. The Morgan fingerprint density at radius 1 is 1.10 bits per heavy atom. The number of anilines is 1. The van der Waals surface area contributed by atoms with E-state index in [1.807, 2.05) is 20.8 Å². The molecule has 1 atom stereocenters. The van der Waals surface area contributed by atoms with E-state index in [-0.39, 0.29) is 18.0 Å². The second-order valence-electron chi connectivity index (χ2n) is 12.7. The van der Waals surface area contributed by atoms with E-state index in [0.717, 1.165) is 25.7 Å². The lowest BCUT2D eigenvalue weighted by Gasteiger charge is -2.34. The first-order valence-electron chi connectivity index (χ1n) is 16.6. The van der Waals surface area contributed by atoms with E-state index in [0.29, 0.717) is 66.3 Å². The van der Waals surface area contributed by atoms with Crippen molar-refractivity contribution in [3.63, 3.8) is 0 Å². The second-order valence-corrected chi connectivity index (χ2v) is 12.7. The number of unbranched alkanes of at least 4 members (excludes halogenated alkanes) is 3. The Labute approximate surface area is 293 Å². The van der Waals surface area contributed by atoms with Crippen molar-refractivity contribution in [3.05, 3.63) is 83.3 Å². The number of aromatic nitrogens is 1. The minimum atomic E-state index is -4.58. The van der Waals surface area contributed by atoms with Gasteiger partial charge in [0.05, 0.1) is 12.7 Å². The summed E-state index contributed by atoms with van der Waals surface area (Å²) in [4.78, 5) is 27.1. The van der Waals surface area contributed by atoms with Crippen LogP contribution < -0.4 is 21.5 Å². The molecule has 2 aromatic rings. The molecule has 1 aromatic carbocycles. The Bertz CT molecular complexity index is 1460. The van der Waals surface area contributed by atoms with Gasteiger partial charge in [-0.15, -0.1) is 0 Å². The van der Waals surface area contributed by atoms with Gasteiger partial charge in [-0.1, -0.05) is 63.1 Å². The van der Waals surface area contributed by atoms with Crippen molar-refractivity contribution >= 4 is 18.6 Å². The van der Waals surface area contributed by atoms with Crippen LogP contribution in [-0.2, 0) is 25.5 Å². The summed E-state index contributed by atoms with van der Waals surface area (Å²) in [5, 5.41) is 0. The van der Waals surface area contributed by atoms with Gasteiger partial charge >= 0.3 is 6.18 Å². The maximum absolute atomic E-state index is 14.4. The minimum absolute atomic E-state index is 0.0733. The number of carbonyl (C=O) groups is 2. The number of nitrogens with zero attached hydrogens (tertiary/aromatic N) is 2. The number of methoxy groups -OCH3 is 1. The van der Waals surface area contributed by atoms with Crippen LogP contribution in [0, 0.1) is 5.41 Å². The number of rotatable bonds is 23. The van der Waals surface area contributed by atoms with E-state index in [2.05, 4.69) is 15.8 Å². The fraction of sp³-hybridized carbons (Fsp3) is 0.486. The molecule has 50 heavy (non-hydrogen) atoms. The number of aryl methyl sites for hydroxylation is 1. The quantitative estimate of drug-likeness (QED) is 0.0472. The number of alkyl halides is 3. The predicted octanol–water partition coefficient (Wildman–Crippen LogP) is 7.31. The van der Waals surface area contributed by atoms with E-state index in [9.17, 15) is 22.8 Å². The Balaban J connectivity index is 2.55. The largest absolute Gasteiger partial charge is 0.467 e. The number of halogens is 3. The Morgan fingerprint density at radius 2 is 1.80 bits per heavy atom. The van der Waals surface area contributed by atoms with Gasteiger partial charge in [0.15, 0.2) is 5.89 Å². The number of hydrogen-bond acceptors (Lipinski definition) is 9. The number of nitrogens with two attached hydrogens (primary N) is 1. The number of benzene rings is 1. The highest BCUT2D eigenvalue weighted by atomic mass is 19.4. The lowest BCUT2D eigenvalue weighted by Crippen LogP contribution is -2.36. The van der Waals surface area contributed by atoms with Crippen LogP contribution in [0.3, 0.4) is 0 Å². The number of oxazole rings is 1. The average molecular weight is 704 g/mol. The van der Waals surface area contributed by atoms with Crippen molar-refractivity contribution < 1.29 is 36.7 Å². The number of carbonyl (C=O) groups excluding carboxylic acids is 2. The molecule has 0 spiro atoms. The first-order valence-corrected chi connectivity index (χ1v) is 16.6. The van der Waals surface area contributed by atoms with Crippen LogP contribution >= 0.6 is 0 Å². The molecule has 0 aliphatic heterocycles. The van der Waals surface area contributed by atoms with Crippen molar-refractivity contribution in [2.24, 2.45) is 11.1 Å². The zero-order valence-electron chi connectivity index (χ0n) is 29.9. The fourth-order valence-corrected chi connectivity index (χ4v) is 5.44. The molecule has 0 aliphatic rings. The van der Waals surface area contributed by atoms with Gasteiger partial charge in [-0.3, -0.25) is 15.0 Å². The highest BCUT2D eigenvalue weighted by molar-refractivity contribution is 5.67. The molecule has 13 heteroatoms. The van der Waals surface area contributed by atoms with Gasteiger partial charge in [-0.05, 0) is 57.7 Å². The Hall–Kier alpha value is -4.36. The van der Waals surface area contributed by atoms with Crippen molar-refractivity contribution in [3.8, 4) is 11.3 Å². The molecule has 10 nitrogen and oxygen atoms in total. The Kier molecular flexibility index (Phi) is 17.6. The summed E-state index contributed by atoms with van der Waals surface area (Å²) in [6, 6.07) is 6.69. The van der Waals surface area contributed by atoms with Crippen LogP contribution in [0.5, 0.6) is 0 Å². The van der Waals surface area contributed by atoms with Gasteiger partial charge in [-0.2, -0.15) is 13.2 Å². The summed E-state index contributed by atoms with van der Waals surface area (Å²) in [6.45, 7) is 8.91. The predicted molar refractivity (Wildman–Crippen MR) is 189 cm³/mol. The molecule has 0 saturated carbocycles. The minimum Gasteiger partial charge on any atom is -0.467 e. The lowest BCUT2D eigenvalue weighted by molar-refractivity contribution is -0.131. The van der Waals surface area contributed by atoms with Gasteiger partial charge in [0.2, 0.25) is 6.41 Å². The third-order valence-corrected chi connectivity index (χ3v) is 7.85. The summed E-state index contributed by atoms with van der Waals surface area (Å²) >= 11 is 0. The lowest BCUT2D eigenvalue weighted by atomic mass is 9.84. The number of hydrogen-bond donors (Lipinski definition) is 3. The summed E-state index contributed by atoms with van der Waals surface area (Å²) in [6.07, 6.45) is 8.63.